The summed E-state index contributed by atoms with van der Waals surface area (Å²) in [6, 6.07) is 14.0. The molecule has 0 saturated heterocycles. The van der Waals surface area contributed by atoms with E-state index in [4.69, 9.17) is 5.73 Å². The third-order valence-electron chi connectivity index (χ3n) is 2.45. The third-order valence-corrected chi connectivity index (χ3v) is 2.98. The highest BCUT2D eigenvalue weighted by Crippen LogP contribution is 2.17. The van der Waals surface area contributed by atoms with E-state index < -0.39 is 0 Å². The van der Waals surface area contributed by atoms with Crippen molar-refractivity contribution in [3.63, 3.8) is 0 Å². The molecule has 1 aromatic carbocycles. The highest BCUT2D eigenvalue weighted by Gasteiger charge is 2.07. The molecule has 0 aliphatic rings. The average Bonchev–Trinajstić information content (AvgIpc) is 2.31. The predicted molar refractivity (Wildman–Crippen MR) is 69.0 cm³/mol. The summed E-state index contributed by atoms with van der Waals surface area (Å²) in [7, 11) is 0. The quantitative estimate of drug-likeness (QED) is 0.936. The number of nitrogens with zero attached hydrogens (tertiary/aromatic N) is 1. The molecule has 0 saturated carbocycles. The SMILES string of the molecule is NC(Cc1ccccn1)c1ccc(Br)cc1. The molecule has 1 unspecified atom stereocenters. The molecule has 0 amide bonds. The maximum atomic E-state index is 6.12. The maximum absolute atomic E-state index is 6.12. The van der Waals surface area contributed by atoms with Crippen LogP contribution in [0.5, 0.6) is 0 Å². The first-order valence-electron chi connectivity index (χ1n) is 5.16. The fourth-order valence-electron chi connectivity index (χ4n) is 1.57. The van der Waals surface area contributed by atoms with Gasteiger partial charge in [0.25, 0.3) is 0 Å². The molecule has 1 aromatic heterocycles. The Bertz CT molecular complexity index is 439. The van der Waals surface area contributed by atoms with E-state index in [1.165, 1.54) is 0 Å². The van der Waals surface area contributed by atoms with E-state index in [-0.39, 0.29) is 6.04 Å². The minimum atomic E-state index is 0.00278. The number of hydrogen-bond acceptors (Lipinski definition) is 2. The summed E-state index contributed by atoms with van der Waals surface area (Å²) in [5.74, 6) is 0. The van der Waals surface area contributed by atoms with Gasteiger partial charge in [-0.25, -0.2) is 0 Å². The van der Waals surface area contributed by atoms with E-state index in [1.54, 1.807) is 6.20 Å². The van der Waals surface area contributed by atoms with E-state index in [9.17, 15) is 0 Å². The molecular formula is C13H13BrN2. The van der Waals surface area contributed by atoms with Gasteiger partial charge < -0.3 is 5.73 Å². The van der Waals surface area contributed by atoms with Gasteiger partial charge in [-0.05, 0) is 29.8 Å². The van der Waals surface area contributed by atoms with E-state index >= 15 is 0 Å². The van der Waals surface area contributed by atoms with Gasteiger partial charge in [-0.1, -0.05) is 34.1 Å². The first-order chi connectivity index (χ1) is 7.75. The van der Waals surface area contributed by atoms with Crippen LogP contribution in [-0.2, 0) is 6.42 Å². The number of hydrogen-bond donors (Lipinski definition) is 1. The van der Waals surface area contributed by atoms with Crippen LogP contribution in [0.25, 0.3) is 0 Å². The highest BCUT2D eigenvalue weighted by molar-refractivity contribution is 9.10. The molecule has 2 rings (SSSR count). The van der Waals surface area contributed by atoms with Gasteiger partial charge in [0.05, 0.1) is 0 Å². The molecule has 1 atom stereocenters. The first kappa shape index (κ1) is 11.3. The van der Waals surface area contributed by atoms with Gasteiger partial charge in [0.15, 0.2) is 0 Å². The predicted octanol–water partition coefficient (Wildman–Crippen LogP) is 3.09. The zero-order valence-corrected chi connectivity index (χ0v) is 10.4. The van der Waals surface area contributed by atoms with Crippen LogP contribution >= 0.6 is 15.9 Å². The van der Waals surface area contributed by atoms with E-state index in [2.05, 4.69) is 20.9 Å². The molecule has 0 fully saturated rings. The first-order valence-corrected chi connectivity index (χ1v) is 5.96. The molecule has 0 radical (unpaired) electrons. The Morgan fingerprint density at radius 1 is 1.12 bits per heavy atom. The van der Waals surface area contributed by atoms with E-state index in [0.29, 0.717) is 0 Å². The number of aromatic nitrogens is 1. The van der Waals surface area contributed by atoms with Crippen molar-refractivity contribution in [3.05, 3.63) is 64.4 Å². The number of nitrogens with two attached hydrogens (primary N) is 1. The van der Waals surface area contributed by atoms with Gasteiger partial charge >= 0.3 is 0 Å². The Labute approximate surface area is 104 Å². The van der Waals surface area contributed by atoms with E-state index in [1.807, 2.05) is 42.5 Å². The number of benzene rings is 1. The van der Waals surface area contributed by atoms with Gasteiger partial charge in [-0.15, -0.1) is 0 Å². The van der Waals surface area contributed by atoms with Crippen molar-refractivity contribution in [2.75, 3.05) is 0 Å². The summed E-state index contributed by atoms with van der Waals surface area (Å²) in [6.07, 6.45) is 2.56. The lowest BCUT2D eigenvalue weighted by Crippen LogP contribution is -2.13. The second-order valence-electron chi connectivity index (χ2n) is 3.68. The molecule has 2 nitrogen and oxygen atoms in total. The van der Waals surface area contributed by atoms with Gasteiger partial charge in [-0.2, -0.15) is 0 Å². The van der Waals surface area contributed by atoms with Crippen LogP contribution in [-0.4, -0.2) is 4.98 Å². The molecule has 1 heterocycles. The second kappa shape index (κ2) is 5.23. The van der Waals surface area contributed by atoms with Crippen molar-refractivity contribution in [1.82, 2.24) is 4.98 Å². The summed E-state index contributed by atoms with van der Waals surface area (Å²) >= 11 is 3.41. The summed E-state index contributed by atoms with van der Waals surface area (Å²) in [4.78, 5) is 4.27. The van der Waals surface area contributed by atoms with Crippen molar-refractivity contribution in [2.24, 2.45) is 5.73 Å². The zero-order chi connectivity index (χ0) is 11.4. The Morgan fingerprint density at radius 2 is 1.88 bits per heavy atom. The third kappa shape index (κ3) is 2.90. The van der Waals surface area contributed by atoms with Crippen LogP contribution in [0, 0.1) is 0 Å². The topological polar surface area (TPSA) is 38.9 Å². The van der Waals surface area contributed by atoms with Gasteiger partial charge in [0.1, 0.15) is 0 Å². The molecule has 16 heavy (non-hydrogen) atoms. The number of pyridine rings is 1. The Hall–Kier alpha value is -1.19. The Balaban J connectivity index is 2.09. The van der Waals surface area contributed by atoms with Gasteiger partial charge in [0, 0.05) is 28.8 Å². The minimum absolute atomic E-state index is 0.00278. The molecule has 0 aliphatic carbocycles. The molecular weight excluding hydrogens is 264 g/mol. The van der Waals surface area contributed by atoms with E-state index in [0.717, 1.165) is 22.2 Å². The summed E-state index contributed by atoms with van der Waals surface area (Å²) in [5, 5.41) is 0. The molecule has 2 N–H and O–H groups in total. The monoisotopic (exact) mass is 276 g/mol. The highest BCUT2D eigenvalue weighted by atomic mass is 79.9. The van der Waals surface area contributed by atoms with Crippen molar-refractivity contribution in [2.45, 2.75) is 12.5 Å². The van der Waals surface area contributed by atoms with Crippen LogP contribution in [0.2, 0.25) is 0 Å². The largest absolute Gasteiger partial charge is 0.324 e. The summed E-state index contributed by atoms with van der Waals surface area (Å²) in [5.41, 5.74) is 8.28. The standard InChI is InChI=1S/C13H13BrN2/c14-11-6-4-10(5-7-11)13(15)9-12-3-1-2-8-16-12/h1-8,13H,9,15H2. The lowest BCUT2D eigenvalue weighted by molar-refractivity contribution is 0.706. The van der Waals surface area contributed by atoms with Crippen LogP contribution in [0.1, 0.15) is 17.3 Å². The lowest BCUT2D eigenvalue weighted by atomic mass is 10.0. The van der Waals surface area contributed by atoms with Crippen molar-refractivity contribution >= 4 is 15.9 Å². The average molecular weight is 277 g/mol. The molecule has 82 valence electrons. The molecule has 3 heteroatoms. The fraction of sp³-hybridized carbons (Fsp3) is 0.154. The Morgan fingerprint density at radius 3 is 2.50 bits per heavy atom. The normalized spacial score (nSPS) is 12.4. The Kier molecular flexibility index (Phi) is 3.70. The second-order valence-corrected chi connectivity index (χ2v) is 4.60. The minimum Gasteiger partial charge on any atom is -0.324 e. The van der Waals surface area contributed by atoms with Crippen molar-refractivity contribution in [3.8, 4) is 0 Å². The molecule has 0 spiro atoms. The number of rotatable bonds is 3. The molecule has 0 aliphatic heterocycles. The maximum Gasteiger partial charge on any atom is 0.0422 e. The fourth-order valence-corrected chi connectivity index (χ4v) is 1.84. The summed E-state index contributed by atoms with van der Waals surface area (Å²) < 4.78 is 1.07. The molecule has 0 bridgehead atoms. The van der Waals surface area contributed by atoms with Crippen LogP contribution in [0.3, 0.4) is 0 Å². The lowest BCUT2D eigenvalue weighted by Gasteiger charge is -2.11. The van der Waals surface area contributed by atoms with Crippen LogP contribution in [0.15, 0.2) is 53.1 Å². The zero-order valence-electron chi connectivity index (χ0n) is 8.81. The van der Waals surface area contributed by atoms with Crippen molar-refractivity contribution < 1.29 is 0 Å². The van der Waals surface area contributed by atoms with Crippen molar-refractivity contribution in [1.29, 1.82) is 0 Å². The summed E-state index contributed by atoms with van der Waals surface area (Å²) in [6.45, 7) is 0. The van der Waals surface area contributed by atoms with Gasteiger partial charge in [-0.3, -0.25) is 4.98 Å². The number of halogens is 1. The molecule has 2 aromatic rings. The van der Waals surface area contributed by atoms with Crippen LogP contribution < -0.4 is 5.73 Å². The van der Waals surface area contributed by atoms with Gasteiger partial charge in [0.2, 0.25) is 0 Å². The smallest absolute Gasteiger partial charge is 0.0422 e. The van der Waals surface area contributed by atoms with Crippen LogP contribution in [0.4, 0.5) is 0 Å².